The van der Waals surface area contributed by atoms with Gasteiger partial charge in [-0.05, 0) is 6.92 Å². The second-order valence-corrected chi connectivity index (χ2v) is 1.51. The third kappa shape index (κ3) is 15.8. The van der Waals surface area contributed by atoms with Gasteiger partial charge in [0.25, 0.3) is 0 Å². The van der Waals surface area contributed by atoms with Crippen LogP contribution < -0.4 is 0 Å². The topological polar surface area (TPSA) is 66.7 Å². The Morgan fingerprint density at radius 2 is 2.00 bits per heavy atom. The van der Waals surface area contributed by atoms with Crippen LogP contribution in [0, 0.1) is 0 Å². The largest absolute Gasteiger partial charge is 0.478 e. The first kappa shape index (κ1) is 11.6. The van der Waals surface area contributed by atoms with Crippen LogP contribution in [-0.2, 0) is 9.59 Å². The Morgan fingerprint density at radius 3 is 2.00 bits per heavy atom. The zero-order valence-corrected chi connectivity index (χ0v) is 6.42. The van der Waals surface area contributed by atoms with E-state index < -0.39 is 5.97 Å². The fourth-order valence-electron chi connectivity index (χ4n) is 0. The van der Waals surface area contributed by atoms with Crippen molar-refractivity contribution in [1.82, 2.24) is 0 Å². The van der Waals surface area contributed by atoms with Crippen molar-refractivity contribution in [2.24, 2.45) is 4.66 Å². The summed E-state index contributed by atoms with van der Waals surface area (Å²) in [5.74, 6) is -0.935. The van der Waals surface area contributed by atoms with E-state index in [1.54, 1.807) is 0 Å². The zero-order valence-electron chi connectivity index (χ0n) is 5.42. The molecular formula is C5H6NO3Si. The van der Waals surface area contributed by atoms with Gasteiger partial charge in [0, 0.05) is 5.57 Å². The molecule has 0 unspecified atom stereocenters. The molecule has 0 saturated heterocycles. The highest BCUT2D eigenvalue weighted by Gasteiger charge is 1.90. The van der Waals surface area contributed by atoms with E-state index in [1.165, 1.54) is 13.0 Å². The lowest BCUT2D eigenvalue weighted by molar-refractivity contribution is -0.132. The fourth-order valence-corrected chi connectivity index (χ4v) is 0. The minimum atomic E-state index is -0.935. The molecule has 4 nitrogen and oxygen atoms in total. The maximum absolute atomic E-state index is 9.60. The van der Waals surface area contributed by atoms with Crippen molar-refractivity contribution in [1.29, 1.82) is 0 Å². The van der Waals surface area contributed by atoms with Gasteiger partial charge in [-0.2, -0.15) is 0 Å². The van der Waals surface area contributed by atoms with Crippen molar-refractivity contribution in [3.63, 3.8) is 0 Å². The molecule has 0 aliphatic carbocycles. The van der Waals surface area contributed by atoms with E-state index in [0.717, 1.165) is 0 Å². The summed E-state index contributed by atoms with van der Waals surface area (Å²) >= 11 is 0. The SMILES string of the molecule is C=C(C)C(=O)O.O=C=N[Si]. The number of isocyanates is 1. The molecule has 0 heterocycles. The number of nitrogens with zero attached hydrogens (tertiary/aromatic N) is 1. The Bertz CT molecular complexity index is 160. The summed E-state index contributed by atoms with van der Waals surface area (Å²) in [5.41, 5.74) is 0.176. The molecule has 0 fully saturated rings. The summed E-state index contributed by atoms with van der Waals surface area (Å²) in [5, 5.41) is 7.89. The molecule has 0 spiro atoms. The third-order valence-corrected chi connectivity index (χ3v) is 0.502. The van der Waals surface area contributed by atoms with Crippen molar-refractivity contribution in [2.75, 3.05) is 0 Å². The molecular weight excluding hydrogens is 150 g/mol. The average molecular weight is 156 g/mol. The van der Waals surface area contributed by atoms with Crippen molar-refractivity contribution < 1.29 is 14.7 Å². The first-order valence-electron chi connectivity index (χ1n) is 2.18. The lowest BCUT2D eigenvalue weighted by Crippen LogP contribution is -1.92. The van der Waals surface area contributed by atoms with Gasteiger partial charge in [0.15, 0.2) is 0 Å². The van der Waals surface area contributed by atoms with E-state index in [9.17, 15) is 4.79 Å². The van der Waals surface area contributed by atoms with Gasteiger partial charge in [-0.25, -0.2) is 9.59 Å². The van der Waals surface area contributed by atoms with Gasteiger partial charge >= 0.3 is 5.97 Å². The molecule has 10 heavy (non-hydrogen) atoms. The number of carbonyl (C=O) groups is 1. The van der Waals surface area contributed by atoms with Crippen LogP contribution in [0.4, 0.5) is 0 Å². The number of hydrogen-bond acceptors (Lipinski definition) is 3. The zero-order chi connectivity index (χ0) is 8.57. The van der Waals surface area contributed by atoms with Crippen LogP contribution in [0.15, 0.2) is 16.8 Å². The molecule has 0 bridgehead atoms. The molecule has 0 rings (SSSR count). The van der Waals surface area contributed by atoms with Crippen LogP contribution in [0.5, 0.6) is 0 Å². The maximum Gasteiger partial charge on any atom is 0.330 e. The lowest BCUT2D eigenvalue weighted by Gasteiger charge is -1.79. The van der Waals surface area contributed by atoms with Gasteiger partial charge in [-0.1, -0.05) is 6.58 Å². The molecule has 0 saturated carbocycles. The van der Waals surface area contributed by atoms with Gasteiger partial charge in [-0.3, -0.25) is 4.66 Å². The molecule has 0 aliphatic rings. The van der Waals surface area contributed by atoms with Gasteiger partial charge in [0.2, 0.25) is 16.5 Å². The monoisotopic (exact) mass is 156 g/mol. The Balaban J connectivity index is 0. The summed E-state index contributed by atoms with van der Waals surface area (Å²) in [7, 11) is 2.49. The predicted molar refractivity (Wildman–Crippen MR) is 36.3 cm³/mol. The van der Waals surface area contributed by atoms with Crippen LogP contribution in [0.2, 0.25) is 0 Å². The minimum Gasteiger partial charge on any atom is -0.478 e. The Kier molecular flexibility index (Phi) is 9.04. The molecule has 3 radical (unpaired) electrons. The second-order valence-electron chi connectivity index (χ2n) is 1.29. The van der Waals surface area contributed by atoms with Crippen LogP contribution >= 0.6 is 0 Å². The molecule has 1 N–H and O–H groups in total. The molecule has 0 aromatic carbocycles. The molecule has 0 atom stereocenters. The highest BCUT2D eigenvalue weighted by atomic mass is 28.2. The van der Waals surface area contributed by atoms with Crippen molar-refractivity contribution >= 4 is 22.5 Å². The van der Waals surface area contributed by atoms with Crippen LogP contribution in [-0.4, -0.2) is 27.6 Å². The van der Waals surface area contributed by atoms with Gasteiger partial charge in [0.1, 0.15) is 0 Å². The van der Waals surface area contributed by atoms with Crippen LogP contribution in [0.1, 0.15) is 6.92 Å². The van der Waals surface area contributed by atoms with Crippen LogP contribution in [0.3, 0.4) is 0 Å². The van der Waals surface area contributed by atoms with E-state index >= 15 is 0 Å². The number of rotatable bonds is 1. The summed E-state index contributed by atoms with van der Waals surface area (Å²) < 4.78 is 2.74. The normalized spacial score (nSPS) is 6.20. The van der Waals surface area contributed by atoms with Crippen LogP contribution in [0.25, 0.3) is 0 Å². The number of aliphatic carboxylic acids is 1. The van der Waals surface area contributed by atoms with Crippen molar-refractivity contribution in [3.8, 4) is 0 Å². The number of carbonyl (C=O) groups excluding carboxylic acids is 1. The molecule has 0 amide bonds. The maximum atomic E-state index is 9.60. The van der Waals surface area contributed by atoms with Crippen molar-refractivity contribution in [2.45, 2.75) is 6.92 Å². The molecule has 0 aromatic rings. The molecule has 0 aliphatic heterocycles. The van der Waals surface area contributed by atoms with E-state index in [1.807, 2.05) is 0 Å². The summed E-state index contributed by atoms with van der Waals surface area (Å²) in [6.45, 7) is 4.60. The van der Waals surface area contributed by atoms with E-state index in [2.05, 4.69) is 21.6 Å². The Hall–Kier alpha value is -1.19. The fraction of sp³-hybridized carbons (Fsp3) is 0.200. The Labute approximate surface area is 61.8 Å². The number of carboxylic acids is 1. The number of carboxylic acid groups (broad SMARTS) is 1. The van der Waals surface area contributed by atoms with Gasteiger partial charge < -0.3 is 5.11 Å². The predicted octanol–water partition coefficient (Wildman–Crippen LogP) is 0.0528. The first-order chi connectivity index (χ1) is 4.56. The van der Waals surface area contributed by atoms with E-state index in [0.29, 0.717) is 0 Å². The average Bonchev–Trinajstić information content (AvgIpc) is 1.89. The number of hydrogen-bond donors (Lipinski definition) is 1. The first-order valence-corrected chi connectivity index (χ1v) is 2.63. The lowest BCUT2D eigenvalue weighted by atomic mass is 10.4. The smallest absolute Gasteiger partial charge is 0.330 e. The van der Waals surface area contributed by atoms with Gasteiger partial charge in [-0.15, -0.1) is 0 Å². The van der Waals surface area contributed by atoms with E-state index in [-0.39, 0.29) is 5.57 Å². The van der Waals surface area contributed by atoms with E-state index in [4.69, 9.17) is 9.90 Å². The summed E-state index contributed by atoms with van der Waals surface area (Å²) in [6, 6.07) is 0. The highest BCUT2D eigenvalue weighted by molar-refractivity contribution is 6.07. The summed E-state index contributed by atoms with van der Waals surface area (Å²) in [6.07, 6.45) is 1.22. The quantitative estimate of drug-likeness (QED) is 0.252. The molecule has 5 heteroatoms. The van der Waals surface area contributed by atoms with Crippen molar-refractivity contribution in [3.05, 3.63) is 12.2 Å². The third-order valence-electron chi connectivity index (χ3n) is 0.411. The summed E-state index contributed by atoms with van der Waals surface area (Å²) in [4.78, 5) is 18.4. The Morgan fingerprint density at radius 1 is 1.80 bits per heavy atom. The minimum absolute atomic E-state index is 0.176. The molecule has 53 valence electrons. The molecule has 0 aromatic heterocycles. The standard InChI is InChI=1S/C4H6O2.CNOSi/c1-3(2)4(5)6;3-1-2-4/h1H2,2H3,(H,5,6);. The second kappa shape index (κ2) is 7.81. The highest BCUT2D eigenvalue weighted by Crippen LogP contribution is 1.81. The van der Waals surface area contributed by atoms with Gasteiger partial charge in [0.05, 0.1) is 0 Å².